The molecule has 2 rings (SSSR count). The van der Waals surface area contributed by atoms with Crippen molar-refractivity contribution >= 4 is 0 Å². The molecular formula is C14H14FeO. The van der Waals surface area contributed by atoms with Crippen molar-refractivity contribution in [2.45, 2.75) is 11.9 Å². The average Bonchev–Trinajstić information content (AvgIpc) is 2.37. The van der Waals surface area contributed by atoms with Crippen LogP contribution in [0.15, 0.2) is 60.7 Å². The van der Waals surface area contributed by atoms with Gasteiger partial charge in [-0.3, -0.25) is 0 Å². The first-order valence-electron chi connectivity index (χ1n) is 5.21. The number of hydrogen-bond acceptors (Lipinski definition) is 1. The minimum absolute atomic E-state index is 0.702. The topological polar surface area (TPSA) is 9.23 Å². The van der Waals surface area contributed by atoms with Gasteiger partial charge in [0.15, 0.2) is 0 Å². The van der Waals surface area contributed by atoms with Crippen LogP contribution in [-0.4, -0.2) is 0 Å². The molecule has 0 unspecified atom stereocenters. The van der Waals surface area contributed by atoms with Crippen LogP contribution in [0.2, 0.25) is 0 Å². The molecule has 0 aliphatic carbocycles. The third-order valence-corrected chi connectivity index (χ3v) is 3.17. The molecule has 1 nitrogen and oxygen atoms in total. The predicted molar refractivity (Wildman–Crippen MR) is 61.4 cm³/mol. The van der Waals surface area contributed by atoms with Gasteiger partial charge in [0.2, 0.25) is 0 Å². The fraction of sp³-hybridized carbons (Fsp3) is 0.143. The van der Waals surface area contributed by atoms with Gasteiger partial charge in [-0.15, -0.1) is 0 Å². The standard InChI is InChI=1S/C7H7O.C7H7.Fe/c8-6-7-4-2-1-3-5-7;1-7-5-3-2-4-6-7;/h1-5H,6H2;2-6H,1H2;/q-1;;+1. The first-order chi connectivity index (χ1) is 7.95. The molecule has 0 N–H and O–H groups in total. The average molecular weight is 254 g/mol. The van der Waals surface area contributed by atoms with Crippen LogP contribution in [0.5, 0.6) is 0 Å². The van der Waals surface area contributed by atoms with E-state index in [1.54, 1.807) is 0 Å². The molecule has 0 radical (unpaired) electrons. The van der Waals surface area contributed by atoms with Gasteiger partial charge in [-0.1, -0.05) is 0 Å². The van der Waals surface area contributed by atoms with Crippen molar-refractivity contribution in [1.82, 2.24) is 0 Å². The summed E-state index contributed by atoms with van der Waals surface area (Å²) < 4.78 is 5.62. The number of rotatable bonds is 5. The van der Waals surface area contributed by atoms with Crippen molar-refractivity contribution in [2.24, 2.45) is 0 Å². The molecule has 16 heavy (non-hydrogen) atoms. The number of hydrogen-bond donors (Lipinski definition) is 0. The first-order valence-corrected chi connectivity index (χ1v) is 6.44. The Morgan fingerprint density at radius 1 is 0.750 bits per heavy atom. The van der Waals surface area contributed by atoms with E-state index in [0.717, 1.165) is 20.6 Å². The number of benzene rings is 2. The predicted octanol–water partition coefficient (Wildman–Crippen LogP) is 3.40. The van der Waals surface area contributed by atoms with Crippen molar-refractivity contribution in [3.63, 3.8) is 0 Å². The minimum atomic E-state index is 0.702. The first kappa shape index (κ1) is 11.4. The van der Waals surface area contributed by atoms with Gasteiger partial charge in [0.05, 0.1) is 0 Å². The van der Waals surface area contributed by atoms with Gasteiger partial charge in [0, 0.05) is 0 Å². The fourth-order valence-electron chi connectivity index (χ4n) is 1.33. The Morgan fingerprint density at radius 2 is 1.31 bits per heavy atom. The Kier molecular flexibility index (Phi) is 4.63. The summed E-state index contributed by atoms with van der Waals surface area (Å²) in [6.45, 7) is 0.702. The molecule has 0 atom stereocenters. The molecule has 0 heterocycles. The van der Waals surface area contributed by atoms with Crippen molar-refractivity contribution in [3.05, 3.63) is 71.8 Å². The van der Waals surface area contributed by atoms with Crippen LogP contribution < -0.4 is 0 Å². The van der Waals surface area contributed by atoms with Gasteiger partial charge in [-0.05, 0) is 0 Å². The summed E-state index contributed by atoms with van der Waals surface area (Å²) in [5, 5.41) is 0.980. The van der Waals surface area contributed by atoms with Crippen molar-refractivity contribution in [3.8, 4) is 0 Å². The SMILES string of the molecule is c1ccc(C[O][Fe][CH2]c2ccccc2)cc1. The second-order valence-electron chi connectivity index (χ2n) is 3.44. The third-order valence-electron chi connectivity index (χ3n) is 2.17. The van der Waals surface area contributed by atoms with E-state index < -0.39 is 0 Å². The molecule has 0 bridgehead atoms. The van der Waals surface area contributed by atoms with E-state index in [9.17, 15) is 0 Å². The van der Waals surface area contributed by atoms with Gasteiger partial charge in [0.25, 0.3) is 0 Å². The zero-order chi connectivity index (χ0) is 11.1. The zero-order valence-electron chi connectivity index (χ0n) is 8.95. The van der Waals surface area contributed by atoms with E-state index in [0.29, 0.717) is 6.61 Å². The molecule has 2 aromatic carbocycles. The van der Waals surface area contributed by atoms with Crippen LogP contribution in [0, 0.1) is 0 Å². The Bertz CT molecular complexity index is 358. The summed E-state index contributed by atoms with van der Waals surface area (Å²) in [4.78, 5) is 0. The summed E-state index contributed by atoms with van der Waals surface area (Å²) in [5.41, 5.74) is 2.56. The fourth-order valence-corrected chi connectivity index (χ4v) is 2.18. The van der Waals surface area contributed by atoms with E-state index in [1.807, 2.05) is 24.3 Å². The molecule has 84 valence electrons. The molecule has 0 aliphatic rings. The molecular weight excluding hydrogens is 240 g/mol. The second kappa shape index (κ2) is 6.49. The molecule has 0 aliphatic heterocycles. The summed E-state index contributed by atoms with van der Waals surface area (Å²) in [6.07, 6.45) is 0. The summed E-state index contributed by atoms with van der Waals surface area (Å²) in [5.74, 6) is 0. The molecule has 2 heteroatoms. The summed E-state index contributed by atoms with van der Waals surface area (Å²) in [6, 6.07) is 20.7. The van der Waals surface area contributed by atoms with E-state index in [-0.39, 0.29) is 0 Å². The molecule has 0 saturated heterocycles. The third kappa shape index (κ3) is 3.82. The quantitative estimate of drug-likeness (QED) is 0.587. The van der Waals surface area contributed by atoms with Gasteiger partial charge in [0.1, 0.15) is 0 Å². The van der Waals surface area contributed by atoms with E-state index in [2.05, 4.69) is 36.4 Å². The van der Waals surface area contributed by atoms with Gasteiger partial charge in [-0.25, -0.2) is 0 Å². The Hall–Kier alpha value is -1.08. The van der Waals surface area contributed by atoms with E-state index in [4.69, 9.17) is 3.82 Å². The van der Waals surface area contributed by atoms with Crippen LogP contribution in [-0.2, 0) is 31.0 Å². The summed E-state index contributed by atoms with van der Waals surface area (Å²) in [7, 11) is 0. The van der Waals surface area contributed by atoms with Crippen molar-refractivity contribution in [2.75, 3.05) is 0 Å². The van der Waals surface area contributed by atoms with Crippen molar-refractivity contribution in [1.29, 1.82) is 0 Å². The van der Waals surface area contributed by atoms with Crippen LogP contribution in [0.3, 0.4) is 0 Å². The Labute approximate surface area is 103 Å². The molecule has 0 spiro atoms. The maximum atomic E-state index is 5.62. The van der Waals surface area contributed by atoms with Crippen LogP contribution in [0.1, 0.15) is 11.1 Å². The van der Waals surface area contributed by atoms with Gasteiger partial charge < -0.3 is 0 Å². The van der Waals surface area contributed by atoms with Gasteiger partial charge >= 0.3 is 103 Å². The normalized spacial score (nSPS) is 10.5. The van der Waals surface area contributed by atoms with Crippen molar-refractivity contribution < 1.29 is 19.1 Å². The van der Waals surface area contributed by atoms with Gasteiger partial charge in [-0.2, -0.15) is 0 Å². The van der Waals surface area contributed by atoms with E-state index >= 15 is 0 Å². The monoisotopic (exact) mass is 254 g/mol. The Morgan fingerprint density at radius 3 is 1.94 bits per heavy atom. The molecule has 0 aromatic heterocycles. The molecule has 2 aromatic rings. The summed E-state index contributed by atoms with van der Waals surface area (Å²) >= 11 is 0.777. The van der Waals surface area contributed by atoms with E-state index in [1.165, 1.54) is 11.1 Å². The molecule has 0 fully saturated rings. The molecule has 0 saturated carbocycles. The van der Waals surface area contributed by atoms with Crippen LogP contribution in [0.4, 0.5) is 0 Å². The molecule has 0 amide bonds. The zero-order valence-corrected chi connectivity index (χ0v) is 10.1. The van der Waals surface area contributed by atoms with Crippen LogP contribution >= 0.6 is 0 Å². The second-order valence-corrected chi connectivity index (χ2v) is 4.47. The van der Waals surface area contributed by atoms with Crippen LogP contribution in [0.25, 0.3) is 0 Å². The maximum absolute atomic E-state index is 5.62. The Balaban J connectivity index is 1.70.